The van der Waals surface area contributed by atoms with E-state index in [1.807, 2.05) is 5.32 Å². The number of fused-ring (bicyclic) bond motifs is 2. The van der Waals surface area contributed by atoms with E-state index < -0.39 is 164 Å². The van der Waals surface area contributed by atoms with Gasteiger partial charge in [-0.25, -0.2) is 31.3 Å². The van der Waals surface area contributed by atoms with Crippen LogP contribution in [-0.4, -0.2) is 118 Å². The Bertz CT molecular complexity index is 4880. The maximum Gasteiger partial charge on any atom is 0.411 e. The second kappa shape index (κ2) is 25.2. The highest BCUT2D eigenvalue weighted by atomic mass is 32.2. The average Bonchev–Trinajstić information content (AvgIpc) is 1.17. The molecular weight excluding hydrogens is 1360 g/mol. The van der Waals surface area contributed by atoms with Gasteiger partial charge in [0.15, 0.2) is 0 Å². The number of amides is 6. The fourth-order valence-corrected chi connectivity index (χ4v) is 13.6. The largest absolute Gasteiger partial charge is 0.478 e. The van der Waals surface area contributed by atoms with Gasteiger partial charge in [0.1, 0.15) is 0 Å². The highest BCUT2D eigenvalue weighted by molar-refractivity contribution is 7.91. The van der Waals surface area contributed by atoms with Gasteiger partial charge < -0.3 is 20.8 Å². The van der Waals surface area contributed by atoms with Gasteiger partial charge in [0.25, 0.3) is 35.4 Å². The van der Waals surface area contributed by atoms with E-state index in [0.29, 0.717) is 58.3 Å². The summed E-state index contributed by atoms with van der Waals surface area (Å²) in [5.41, 5.74) is -21.2. The molecule has 0 aliphatic carbocycles. The minimum Gasteiger partial charge on any atom is -0.478 e. The number of aromatic carboxylic acids is 2. The van der Waals surface area contributed by atoms with Crippen LogP contribution in [0.1, 0.15) is 116 Å². The predicted molar refractivity (Wildman–Crippen MR) is 321 cm³/mol. The van der Waals surface area contributed by atoms with E-state index in [4.69, 9.17) is 0 Å². The van der Waals surface area contributed by atoms with Crippen molar-refractivity contribution in [2.45, 2.75) is 69.0 Å². The van der Waals surface area contributed by atoms with Crippen LogP contribution in [-0.2, 0) is 30.5 Å². The lowest BCUT2D eigenvalue weighted by Gasteiger charge is -2.38. The van der Waals surface area contributed by atoms with Crippen molar-refractivity contribution >= 4 is 78.4 Å². The number of nitrogens with one attached hydrogen (secondary N) is 2. The van der Waals surface area contributed by atoms with Gasteiger partial charge >= 0.3 is 36.6 Å². The fourth-order valence-electron chi connectivity index (χ4n) is 11.1. The standard InChI is InChI=1S/C33H24F6N2O8S.C33H20F6N2O6S/c1-17-3-9-21(10-4-17)50(48,49)22-11-7-20(8-12-22)41-28(43)26-16-19(6-14-24(26)30(46)47)31(32(34,35)36,33(37,38)39)18-5-13-23(29(44)45)25(15-18)27(42)40-2;1-17-3-9-21(10-4-17)48(46,47)22-11-7-20(8-12-22)41-29(44)24-14-6-19(16-26(24)30(41)45)31(32(34,35)36,33(37,38)39)18-5-13-23-25(15-18)28(43)40(2)27(23)42/h3-16H,1-2H3,(H,40,42)(H,41,43)(H,44,45)(H,46,47);3-16H,1-2H3. The summed E-state index contributed by atoms with van der Waals surface area (Å²) < 4.78 is 231. The first-order valence-corrected chi connectivity index (χ1v) is 30.9. The molecule has 0 atom stereocenters. The Morgan fingerprint density at radius 3 is 1.06 bits per heavy atom. The maximum absolute atomic E-state index is 14.9. The second-order valence-corrected chi connectivity index (χ2v) is 25.8. The van der Waals surface area contributed by atoms with E-state index in [9.17, 15) is 118 Å². The highest BCUT2D eigenvalue weighted by Gasteiger charge is 2.74. The van der Waals surface area contributed by atoms with Crippen LogP contribution in [0.3, 0.4) is 0 Å². The number of imide groups is 2. The normalized spacial score (nSPS) is 13.8. The van der Waals surface area contributed by atoms with Crippen molar-refractivity contribution in [1.82, 2.24) is 10.2 Å². The molecule has 0 radical (unpaired) electrons. The molecule has 0 spiro atoms. The number of rotatable bonds is 14. The molecule has 0 saturated heterocycles. The average molecular weight is 1410 g/mol. The summed E-state index contributed by atoms with van der Waals surface area (Å²) in [6, 6.07) is 24.8. The number of aryl methyl sites for hydroxylation is 2. The third-order valence-corrected chi connectivity index (χ3v) is 19.7. The molecule has 2 heterocycles. The van der Waals surface area contributed by atoms with Gasteiger partial charge in [-0.3, -0.25) is 33.7 Å². The molecule has 508 valence electrons. The Kier molecular flexibility index (Phi) is 18.3. The zero-order valence-electron chi connectivity index (χ0n) is 50.2. The lowest BCUT2D eigenvalue weighted by Crippen LogP contribution is -2.55. The highest BCUT2D eigenvalue weighted by Crippen LogP contribution is 2.59. The number of carboxylic acid groups (broad SMARTS) is 2. The summed E-state index contributed by atoms with van der Waals surface area (Å²) in [6.07, 6.45) is -24.7. The molecule has 10 rings (SSSR count). The SMILES string of the molecule is CNC(=O)c1cc(C(c2ccc(C(=O)O)c(C(=O)Nc3ccc(S(=O)(=O)c4ccc(C)cc4)cc3)c2)(C(F)(F)F)C(F)(F)F)ccc1C(=O)O.Cc1ccc(S(=O)(=O)c2ccc(N3C(=O)c4ccc(C(c5ccc6c(c5)C(=O)N(C)C6=O)(C(F)(F)F)C(F)(F)F)cc4C3=O)cc2)cc1. The molecule has 6 amide bonds. The van der Waals surface area contributed by atoms with Crippen LogP contribution >= 0.6 is 0 Å². The van der Waals surface area contributed by atoms with Crippen molar-refractivity contribution in [3.63, 3.8) is 0 Å². The zero-order valence-corrected chi connectivity index (χ0v) is 51.8. The van der Waals surface area contributed by atoms with E-state index in [-0.39, 0.29) is 60.8 Å². The molecule has 0 saturated carbocycles. The minimum atomic E-state index is -6.27. The second-order valence-electron chi connectivity index (χ2n) is 21.9. The van der Waals surface area contributed by atoms with Crippen molar-refractivity contribution in [2.24, 2.45) is 0 Å². The van der Waals surface area contributed by atoms with Crippen LogP contribution < -0.4 is 15.5 Å². The topological polar surface area (TPSA) is 276 Å². The Labute approximate surface area is 545 Å². The summed E-state index contributed by atoms with van der Waals surface area (Å²) in [5.74, 6) is -10.8. The van der Waals surface area contributed by atoms with E-state index in [1.165, 1.54) is 24.3 Å². The maximum atomic E-state index is 14.9. The molecule has 2 aliphatic heterocycles. The first-order valence-electron chi connectivity index (χ1n) is 27.9. The Morgan fingerprint density at radius 1 is 0.388 bits per heavy atom. The van der Waals surface area contributed by atoms with Gasteiger partial charge in [0.05, 0.1) is 69.8 Å². The number of carboxylic acids is 2. The number of hydrogen-bond acceptors (Lipinski definition) is 12. The lowest BCUT2D eigenvalue weighted by atomic mass is 9.71. The summed E-state index contributed by atoms with van der Waals surface area (Å²) in [6.45, 7) is 3.51. The number of benzene rings is 8. The van der Waals surface area contributed by atoms with Crippen LogP contribution in [0.25, 0.3) is 0 Å². The van der Waals surface area contributed by atoms with Crippen LogP contribution in [0.2, 0.25) is 0 Å². The number of carbonyl (C=O) groups excluding carboxylic acids is 6. The van der Waals surface area contributed by atoms with Gasteiger partial charge in [-0.05, 0) is 157 Å². The molecule has 4 N–H and O–H groups in total. The molecule has 0 aromatic heterocycles. The van der Waals surface area contributed by atoms with Gasteiger partial charge in [-0.1, -0.05) is 59.7 Å². The summed E-state index contributed by atoms with van der Waals surface area (Å²) in [7, 11) is -6.05. The number of carbonyl (C=O) groups is 8. The smallest absolute Gasteiger partial charge is 0.411 e. The van der Waals surface area contributed by atoms with Crippen molar-refractivity contribution in [2.75, 3.05) is 24.3 Å². The number of halogens is 12. The predicted octanol–water partition coefficient (Wildman–Crippen LogP) is 12.5. The zero-order chi connectivity index (χ0) is 72.5. The van der Waals surface area contributed by atoms with Crippen molar-refractivity contribution < 1.29 is 118 Å². The van der Waals surface area contributed by atoms with E-state index in [0.717, 1.165) is 73.8 Å². The Hall–Kier alpha value is -11.0. The quantitative estimate of drug-likeness (QED) is 0.0582. The lowest BCUT2D eigenvalue weighted by molar-refractivity contribution is -0.290. The van der Waals surface area contributed by atoms with Crippen LogP contribution in [0.15, 0.2) is 189 Å². The number of anilines is 2. The molecule has 18 nitrogen and oxygen atoms in total. The van der Waals surface area contributed by atoms with E-state index in [1.54, 1.807) is 38.1 Å². The first-order chi connectivity index (χ1) is 45.5. The van der Waals surface area contributed by atoms with Crippen molar-refractivity contribution in [3.8, 4) is 0 Å². The summed E-state index contributed by atoms with van der Waals surface area (Å²) >= 11 is 0. The monoisotopic (exact) mass is 1410 g/mol. The first kappa shape index (κ1) is 71.3. The molecule has 2 aliphatic rings. The molecule has 98 heavy (non-hydrogen) atoms. The van der Waals surface area contributed by atoms with E-state index in [2.05, 4.69) is 5.32 Å². The Morgan fingerprint density at radius 2 is 0.694 bits per heavy atom. The summed E-state index contributed by atoms with van der Waals surface area (Å²) in [5, 5.41) is 23.2. The van der Waals surface area contributed by atoms with Crippen molar-refractivity contribution in [3.05, 3.63) is 248 Å². The summed E-state index contributed by atoms with van der Waals surface area (Å²) in [4.78, 5) is 101. The van der Waals surface area contributed by atoms with Crippen LogP contribution in [0.5, 0.6) is 0 Å². The minimum absolute atomic E-state index is 0.0294. The van der Waals surface area contributed by atoms with Gasteiger partial charge in [-0.2, -0.15) is 52.7 Å². The molecule has 8 aromatic carbocycles. The molecule has 32 heteroatoms. The molecule has 0 unspecified atom stereocenters. The van der Waals surface area contributed by atoms with Gasteiger partial charge in [-0.15, -0.1) is 0 Å². The van der Waals surface area contributed by atoms with Gasteiger partial charge in [0.2, 0.25) is 30.5 Å². The number of nitrogens with zero attached hydrogens (tertiary/aromatic N) is 2. The number of alkyl halides is 12. The molecule has 8 aromatic rings. The van der Waals surface area contributed by atoms with Crippen LogP contribution in [0.4, 0.5) is 64.1 Å². The molecule has 0 bridgehead atoms. The van der Waals surface area contributed by atoms with Crippen molar-refractivity contribution in [1.29, 1.82) is 0 Å². The third kappa shape index (κ3) is 12.1. The number of hydrogen-bond donors (Lipinski definition) is 4. The van der Waals surface area contributed by atoms with Gasteiger partial charge in [0, 0.05) is 19.8 Å². The Balaban J connectivity index is 0.000000229. The third-order valence-electron chi connectivity index (χ3n) is 16.1. The molecular formula is C66H44F12N4O14S2. The number of sulfone groups is 2. The fraction of sp³-hybridized carbons (Fsp3) is 0.152. The van der Waals surface area contributed by atoms with Crippen LogP contribution in [0, 0.1) is 13.8 Å². The van der Waals surface area contributed by atoms with E-state index >= 15 is 0 Å². The molecule has 0 fully saturated rings.